The summed E-state index contributed by atoms with van der Waals surface area (Å²) >= 11 is 5.55. The van der Waals surface area contributed by atoms with Gasteiger partial charge in [-0.05, 0) is 25.1 Å². The van der Waals surface area contributed by atoms with E-state index in [0.29, 0.717) is 11.8 Å². The zero-order valence-corrected chi connectivity index (χ0v) is 13.6. The quantitative estimate of drug-likeness (QED) is 0.828. The molecule has 0 spiro atoms. The number of sulfonamides is 1. The van der Waals surface area contributed by atoms with Crippen LogP contribution >= 0.6 is 11.6 Å². The Hall–Kier alpha value is -1.58. The average molecular weight is 369 g/mol. The zero-order chi connectivity index (χ0) is 17.4. The summed E-state index contributed by atoms with van der Waals surface area (Å²) in [5.41, 5.74) is -1.02. The lowest BCUT2D eigenvalue weighted by molar-refractivity contribution is -0.139. The van der Waals surface area contributed by atoms with E-state index in [9.17, 15) is 21.6 Å². The van der Waals surface area contributed by atoms with E-state index in [1.165, 1.54) is 6.07 Å². The fraction of sp³-hybridized carbons (Fsp3) is 0.308. The molecule has 10 heteroatoms. The highest BCUT2D eigenvalue weighted by atomic mass is 35.5. The van der Waals surface area contributed by atoms with Crippen molar-refractivity contribution >= 4 is 21.6 Å². The SMILES string of the molecule is Cc1cc(CN(C)S(=O)(=O)c2ccc(Cl)cc2C(F)(F)F)no1. The summed E-state index contributed by atoms with van der Waals surface area (Å²) in [6, 6.07) is 4.02. The summed E-state index contributed by atoms with van der Waals surface area (Å²) in [5.74, 6) is 0.466. The topological polar surface area (TPSA) is 63.4 Å². The molecule has 0 saturated heterocycles. The van der Waals surface area contributed by atoms with Crippen LogP contribution < -0.4 is 0 Å². The first-order valence-electron chi connectivity index (χ1n) is 6.27. The molecule has 0 saturated carbocycles. The van der Waals surface area contributed by atoms with Crippen LogP contribution in [0.5, 0.6) is 0 Å². The molecular formula is C13H12ClF3N2O3S. The van der Waals surface area contributed by atoms with Crippen LogP contribution in [0.2, 0.25) is 5.02 Å². The van der Waals surface area contributed by atoms with Crippen LogP contribution in [-0.4, -0.2) is 24.9 Å². The van der Waals surface area contributed by atoms with Crippen molar-refractivity contribution in [3.05, 3.63) is 46.3 Å². The first-order chi connectivity index (χ1) is 10.5. The van der Waals surface area contributed by atoms with Gasteiger partial charge in [-0.25, -0.2) is 8.42 Å². The Kier molecular flexibility index (Phi) is 4.74. The first kappa shape index (κ1) is 17.8. The molecule has 23 heavy (non-hydrogen) atoms. The molecule has 126 valence electrons. The Labute approximate surface area is 135 Å². The minimum absolute atomic E-state index is 0.203. The lowest BCUT2D eigenvalue weighted by Gasteiger charge is -2.19. The predicted molar refractivity (Wildman–Crippen MR) is 76.3 cm³/mol. The van der Waals surface area contributed by atoms with Crippen LogP contribution in [0.25, 0.3) is 0 Å². The molecule has 0 fully saturated rings. The predicted octanol–water partition coefficient (Wildman–Crippen LogP) is 3.48. The van der Waals surface area contributed by atoms with E-state index in [1.807, 2.05) is 0 Å². The van der Waals surface area contributed by atoms with E-state index in [4.69, 9.17) is 16.1 Å². The van der Waals surface area contributed by atoms with Gasteiger partial charge in [0.2, 0.25) is 10.0 Å². The second-order valence-corrected chi connectivity index (χ2v) is 7.28. The summed E-state index contributed by atoms with van der Waals surface area (Å²) < 4.78 is 69.7. The van der Waals surface area contributed by atoms with Gasteiger partial charge in [0.05, 0.1) is 22.7 Å². The molecule has 5 nitrogen and oxygen atoms in total. The highest BCUT2D eigenvalue weighted by Crippen LogP contribution is 2.36. The van der Waals surface area contributed by atoms with Gasteiger partial charge in [-0.1, -0.05) is 16.8 Å². The molecule has 1 aromatic carbocycles. The van der Waals surface area contributed by atoms with Crippen LogP contribution in [0.15, 0.2) is 33.7 Å². The Morgan fingerprint density at radius 2 is 1.96 bits per heavy atom. The van der Waals surface area contributed by atoms with E-state index in [1.54, 1.807) is 6.92 Å². The van der Waals surface area contributed by atoms with Gasteiger partial charge in [-0.2, -0.15) is 17.5 Å². The fourth-order valence-corrected chi connectivity index (χ4v) is 3.42. The molecule has 0 bridgehead atoms. The molecule has 0 unspecified atom stereocenters. The van der Waals surface area contributed by atoms with Gasteiger partial charge < -0.3 is 4.52 Å². The van der Waals surface area contributed by atoms with Gasteiger partial charge in [0.25, 0.3) is 0 Å². The maximum atomic E-state index is 13.1. The van der Waals surface area contributed by atoms with Gasteiger partial charge in [0, 0.05) is 18.1 Å². The Balaban J connectivity index is 2.43. The van der Waals surface area contributed by atoms with Crippen LogP contribution in [0, 0.1) is 6.92 Å². The number of hydrogen-bond donors (Lipinski definition) is 0. The number of halogens is 4. The van der Waals surface area contributed by atoms with Crippen LogP contribution in [0.1, 0.15) is 17.0 Å². The summed E-state index contributed by atoms with van der Waals surface area (Å²) in [7, 11) is -3.22. The fourth-order valence-electron chi connectivity index (χ4n) is 1.92. The van der Waals surface area contributed by atoms with Gasteiger partial charge in [0.15, 0.2) is 0 Å². The number of nitrogens with zero attached hydrogens (tertiary/aromatic N) is 2. The second-order valence-electron chi connectivity index (χ2n) is 4.83. The number of aryl methyl sites for hydroxylation is 1. The minimum Gasteiger partial charge on any atom is -0.361 e. The summed E-state index contributed by atoms with van der Waals surface area (Å²) in [4.78, 5) is -0.864. The Morgan fingerprint density at radius 3 is 2.48 bits per heavy atom. The Bertz CT molecular complexity index is 818. The number of aromatic nitrogens is 1. The third-order valence-electron chi connectivity index (χ3n) is 3.00. The van der Waals surface area contributed by atoms with E-state index in [-0.39, 0.29) is 17.3 Å². The lowest BCUT2D eigenvalue weighted by atomic mass is 10.2. The third-order valence-corrected chi connectivity index (χ3v) is 5.09. The molecule has 2 rings (SSSR count). The van der Waals surface area contributed by atoms with Gasteiger partial charge in [0.1, 0.15) is 5.76 Å². The van der Waals surface area contributed by atoms with Crippen molar-refractivity contribution in [3.8, 4) is 0 Å². The third kappa shape index (κ3) is 3.85. The second kappa shape index (κ2) is 6.14. The molecule has 0 aliphatic carbocycles. The molecule has 1 aromatic heterocycles. The normalized spacial score (nSPS) is 12.8. The lowest BCUT2D eigenvalue weighted by Crippen LogP contribution is -2.28. The minimum atomic E-state index is -4.85. The first-order valence-corrected chi connectivity index (χ1v) is 8.09. The number of benzene rings is 1. The number of alkyl halides is 3. The van der Waals surface area contributed by atoms with Crippen LogP contribution in [0.3, 0.4) is 0 Å². The molecule has 2 aromatic rings. The van der Waals surface area contributed by atoms with E-state index >= 15 is 0 Å². The number of rotatable bonds is 4. The average Bonchev–Trinajstić information content (AvgIpc) is 2.82. The van der Waals surface area contributed by atoms with E-state index < -0.39 is 26.7 Å². The van der Waals surface area contributed by atoms with Crippen molar-refractivity contribution in [2.75, 3.05) is 7.05 Å². The molecule has 0 N–H and O–H groups in total. The zero-order valence-electron chi connectivity index (χ0n) is 12.1. The molecule has 0 aliphatic rings. The van der Waals surface area contributed by atoms with Crippen LogP contribution in [0.4, 0.5) is 13.2 Å². The molecule has 0 radical (unpaired) electrons. The van der Waals surface area contributed by atoms with Gasteiger partial charge >= 0.3 is 6.18 Å². The molecule has 0 aliphatic heterocycles. The molecule has 0 atom stereocenters. The van der Waals surface area contributed by atoms with Crippen molar-refractivity contribution in [1.29, 1.82) is 0 Å². The van der Waals surface area contributed by atoms with Crippen molar-refractivity contribution in [1.82, 2.24) is 9.46 Å². The standard InChI is InChI=1S/C13H12ClF3N2O3S/c1-8-5-10(18-22-8)7-19(2)23(20,21)12-4-3-9(14)6-11(12)13(15,16)17/h3-6H,7H2,1-2H3. The Morgan fingerprint density at radius 1 is 1.30 bits per heavy atom. The highest BCUT2D eigenvalue weighted by Gasteiger charge is 2.38. The van der Waals surface area contributed by atoms with Crippen molar-refractivity contribution < 1.29 is 26.1 Å². The summed E-state index contributed by atoms with van der Waals surface area (Å²) in [5, 5.41) is 3.42. The summed E-state index contributed by atoms with van der Waals surface area (Å²) in [6.45, 7) is 1.39. The van der Waals surface area contributed by atoms with Crippen molar-refractivity contribution in [2.24, 2.45) is 0 Å². The number of hydrogen-bond acceptors (Lipinski definition) is 4. The highest BCUT2D eigenvalue weighted by molar-refractivity contribution is 7.89. The monoisotopic (exact) mass is 368 g/mol. The van der Waals surface area contributed by atoms with Gasteiger partial charge in [-0.15, -0.1) is 0 Å². The van der Waals surface area contributed by atoms with Crippen LogP contribution in [-0.2, 0) is 22.7 Å². The summed E-state index contributed by atoms with van der Waals surface area (Å²) in [6.07, 6.45) is -4.85. The molecule has 1 heterocycles. The maximum absolute atomic E-state index is 13.1. The van der Waals surface area contributed by atoms with Gasteiger partial charge in [-0.3, -0.25) is 0 Å². The smallest absolute Gasteiger partial charge is 0.361 e. The van der Waals surface area contributed by atoms with Crippen molar-refractivity contribution in [2.45, 2.75) is 24.5 Å². The van der Waals surface area contributed by atoms with E-state index in [2.05, 4.69) is 5.16 Å². The molecule has 0 amide bonds. The van der Waals surface area contributed by atoms with Crippen molar-refractivity contribution in [3.63, 3.8) is 0 Å². The molecular weight excluding hydrogens is 357 g/mol. The maximum Gasteiger partial charge on any atom is 0.417 e. The van der Waals surface area contributed by atoms with E-state index in [0.717, 1.165) is 23.5 Å². The largest absolute Gasteiger partial charge is 0.417 e.